The summed E-state index contributed by atoms with van der Waals surface area (Å²) >= 11 is 0. The predicted octanol–water partition coefficient (Wildman–Crippen LogP) is 2.05. The van der Waals surface area contributed by atoms with Crippen LogP contribution < -0.4 is 10.1 Å². The lowest BCUT2D eigenvalue weighted by Crippen LogP contribution is -1.90. The highest BCUT2D eigenvalue weighted by Crippen LogP contribution is 2.29. The maximum absolute atomic E-state index is 13.0. The first-order valence-corrected chi connectivity index (χ1v) is 3.56. The molecule has 61 valence electrons. The number of ether oxygens (including phenoxy) is 1. The van der Waals surface area contributed by atoms with Gasteiger partial charge in [0.2, 0.25) is 0 Å². The van der Waals surface area contributed by atoms with Gasteiger partial charge in [0.25, 0.3) is 0 Å². The Morgan fingerprint density at radius 2 is 2.25 bits per heavy atom. The molecular weight excluding hydrogens is 157 g/mol. The lowest BCUT2D eigenvalue weighted by molar-refractivity contribution is 0.386. The summed E-state index contributed by atoms with van der Waals surface area (Å²) in [4.78, 5) is 0. The SMILES string of the molecule is COc1cc2c(cc1F)[N]C=C2. The summed E-state index contributed by atoms with van der Waals surface area (Å²) in [6, 6.07) is 3.01. The van der Waals surface area contributed by atoms with E-state index in [1.165, 1.54) is 13.2 Å². The molecule has 2 nitrogen and oxygen atoms in total. The van der Waals surface area contributed by atoms with E-state index in [0.717, 1.165) is 5.56 Å². The largest absolute Gasteiger partial charge is 0.494 e. The van der Waals surface area contributed by atoms with Gasteiger partial charge in [-0.25, -0.2) is 4.39 Å². The molecule has 1 aliphatic heterocycles. The van der Waals surface area contributed by atoms with Crippen LogP contribution >= 0.6 is 0 Å². The Morgan fingerprint density at radius 1 is 1.42 bits per heavy atom. The molecule has 0 aliphatic carbocycles. The van der Waals surface area contributed by atoms with Gasteiger partial charge in [0.1, 0.15) is 0 Å². The van der Waals surface area contributed by atoms with Crippen molar-refractivity contribution in [2.45, 2.75) is 0 Å². The molecule has 0 spiro atoms. The van der Waals surface area contributed by atoms with E-state index in [1.807, 2.05) is 6.08 Å². The standard InChI is InChI=1S/C9H7FNO/c1-12-9-4-6-2-3-11-8(6)5-7(9)10/h2-5H,1H3. The van der Waals surface area contributed by atoms with Gasteiger partial charge in [0, 0.05) is 17.8 Å². The molecule has 0 saturated heterocycles. The fraction of sp³-hybridized carbons (Fsp3) is 0.111. The molecule has 3 heteroatoms. The zero-order valence-corrected chi connectivity index (χ0v) is 6.54. The Labute approximate surface area is 69.7 Å². The van der Waals surface area contributed by atoms with Gasteiger partial charge in [0.05, 0.1) is 12.8 Å². The van der Waals surface area contributed by atoms with Crippen molar-refractivity contribution in [1.29, 1.82) is 0 Å². The minimum Gasteiger partial charge on any atom is -0.494 e. The number of hydrogen-bond acceptors (Lipinski definition) is 1. The van der Waals surface area contributed by atoms with Crippen molar-refractivity contribution in [2.75, 3.05) is 7.11 Å². The Bertz CT molecular complexity index is 347. The summed E-state index contributed by atoms with van der Waals surface area (Å²) in [6.07, 6.45) is 3.46. The summed E-state index contributed by atoms with van der Waals surface area (Å²) in [5.41, 5.74) is 1.56. The van der Waals surface area contributed by atoms with Gasteiger partial charge in [-0.15, -0.1) is 0 Å². The molecule has 1 radical (unpaired) electrons. The second kappa shape index (κ2) is 2.52. The van der Waals surface area contributed by atoms with E-state index < -0.39 is 0 Å². The lowest BCUT2D eigenvalue weighted by atomic mass is 10.2. The Balaban J connectivity index is 2.55. The van der Waals surface area contributed by atoms with Gasteiger partial charge in [-0.2, -0.15) is 0 Å². The monoisotopic (exact) mass is 164 g/mol. The molecule has 1 aromatic carbocycles. The first-order valence-electron chi connectivity index (χ1n) is 3.56. The lowest BCUT2D eigenvalue weighted by Gasteiger charge is -2.03. The average molecular weight is 164 g/mol. The van der Waals surface area contributed by atoms with Crippen molar-refractivity contribution in [3.8, 4) is 5.75 Å². The number of benzene rings is 1. The van der Waals surface area contributed by atoms with Gasteiger partial charge in [-0.1, -0.05) is 0 Å². The zero-order valence-electron chi connectivity index (χ0n) is 6.54. The maximum Gasteiger partial charge on any atom is 0.167 e. The minimum atomic E-state index is -0.372. The molecule has 0 fully saturated rings. The van der Waals surface area contributed by atoms with E-state index in [4.69, 9.17) is 4.74 Å². The highest BCUT2D eigenvalue weighted by Gasteiger charge is 2.11. The normalized spacial score (nSPS) is 12.5. The van der Waals surface area contributed by atoms with Crippen molar-refractivity contribution in [3.05, 3.63) is 29.7 Å². The van der Waals surface area contributed by atoms with Crippen LogP contribution in [0.5, 0.6) is 5.75 Å². The van der Waals surface area contributed by atoms with E-state index in [0.29, 0.717) is 5.69 Å². The van der Waals surface area contributed by atoms with Gasteiger partial charge >= 0.3 is 0 Å². The molecule has 0 atom stereocenters. The third-order valence-corrected chi connectivity index (χ3v) is 1.77. The van der Waals surface area contributed by atoms with E-state index in [1.54, 1.807) is 12.3 Å². The van der Waals surface area contributed by atoms with E-state index in [-0.39, 0.29) is 11.6 Å². The molecule has 0 unspecified atom stereocenters. The van der Waals surface area contributed by atoms with Gasteiger partial charge in [0.15, 0.2) is 11.6 Å². The van der Waals surface area contributed by atoms with Crippen LogP contribution in [0, 0.1) is 5.82 Å². The molecule has 1 aliphatic rings. The zero-order chi connectivity index (χ0) is 8.55. The fourth-order valence-electron chi connectivity index (χ4n) is 1.16. The molecule has 0 aromatic heterocycles. The summed E-state index contributed by atoms with van der Waals surface area (Å²) in [7, 11) is 1.45. The Hall–Kier alpha value is -1.51. The van der Waals surface area contributed by atoms with Crippen molar-refractivity contribution < 1.29 is 9.13 Å². The number of rotatable bonds is 1. The predicted molar refractivity (Wildman–Crippen MR) is 43.8 cm³/mol. The first-order chi connectivity index (χ1) is 5.81. The van der Waals surface area contributed by atoms with Gasteiger partial charge in [-0.05, 0) is 12.1 Å². The second-order valence-electron chi connectivity index (χ2n) is 2.49. The van der Waals surface area contributed by atoms with Crippen LogP contribution in [0.2, 0.25) is 0 Å². The third kappa shape index (κ3) is 0.942. The van der Waals surface area contributed by atoms with Crippen LogP contribution in [0.3, 0.4) is 0 Å². The first kappa shape index (κ1) is 7.16. The fourth-order valence-corrected chi connectivity index (χ4v) is 1.16. The van der Waals surface area contributed by atoms with Crippen LogP contribution in [0.4, 0.5) is 10.1 Å². The van der Waals surface area contributed by atoms with E-state index in [9.17, 15) is 4.39 Å². The molecule has 1 aromatic rings. The molecule has 12 heavy (non-hydrogen) atoms. The quantitative estimate of drug-likeness (QED) is 0.623. The van der Waals surface area contributed by atoms with Crippen LogP contribution in [0.1, 0.15) is 5.56 Å². The van der Waals surface area contributed by atoms with Gasteiger partial charge in [-0.3, -0.25) is 5.32 Å². The maximum atomic E-state index is 13.0. The Morgan fingerprint density at radius 3 is 3.00 bits per heavy atom. The molecule has 0 N–H and O–H groups in total. The van der Waals surface area contributed by atoms with E-state index >= 15 is 0 Å². The number of nitrogens with zero attached hydrogens (tertiary/aromatic N) is 1. The number of hydrogen-bond donors (Lipinski definition) is 0. The van der Waals surface area contributed by atoms with Crippen molar-refractivity contribution in [1.82, 2.24) is 5.32 Å². The topological polar surface area (TPSA) is 23.3 Å². The molecule has 1 heterocycles. The molecule has 0 amide bonds. The van der Waals surface area contributed by atoms with Crippen LogP contribution in [0.25, 0.3) is 6.08 Å². The minimum absolute atomic E-state index is 0.260. The summed E-state index contributed by atoms with van der Waals surface area (Å²) < 4.78 is 17.9. The Kier molecular flexibility index (Phi) is 1.50. The van der Waals surface area contributed by atoms with Crippen molar-refractivity contribution in [3.63, 3.8) is 0 Å². The second-order valence-corrected chi connectivity index (χ2v) is 2.49. The highest BCUT2D eigenvalue weighted by molar-refractivity contribution is 5.70. The van der Waals surface area contributed by atoms with Crippen LogP contribution in [-0.2, 0) is 0 Å². The summed E-state index contributed by atoms with van der Waals surface area (Å²) in [5.74, 6) is -0.112. The number of fused-ring (bicyclic) bond motifs is 1. The third-order valence-electron chi connectivity index (χ3n) is 1.77. The molecule has 0 saturated carbocycles. The molecule has 0 bridgehead atoms. The van der Waals surface area contributed by atoms with Crippen molar-refractivity contribution in [2.24, 2.45) is 0 Å². The van der Waals surface area contributed by atoms with Gasteiger partial charge < -0.3 is 4.74 Å². The summed E-state index contributed by atoms with van der Waals surface area (Å²) in [5, 5.41) is 3.96. The number of halogens is 1. The average Bonchev–Trinajstić information content (AvgIpc) is 2.49. The smallest absolute Gasteiger partial charge is 0.167 e. The van der Waals surface area contributed by atoms with Crippen LogP contribution in [0.15, 0.2) is 18.3 Å². The van der Waals surface area contributed by atoms with Crippen molar-refractivity contribution >= 4 is 11.8 Å². The molecule has 2 rings (SSSR count). The highest BCUT2D eigenvalue weighted by atomic mass is 19.1. The molecular formula is C9H7FNO. The van der Waals surface area contributed by atoms with E-state index in [2.05, 4.69) is 5.32 Å². The van der Waals surface area contributed by atoms with Crippen LogP contribution in [-0.4, -0.2) is 7.11 Å². The number of methoxy groups -OCH3 is 1. The summed E-state index contributed by atoms with van der Waals surface area (Å²) in [6.45, 7) is 0.